The van der Waals surface area contributed by atoms with Gasteiger partial charge in [-0.2, -0.15) is 0 Å². The quantitative estimate of drug-likeness (QED) is 0.775. The Hall–Kier alpha value is -0.570. The summed E-state index contributed by atoms with van der Waals surface area (Å²) in [4.78, 5) is 14.1. The Bertz CT molecular complexity index is 226. The minimum atomic E-state index is -0.0613. The van der Waals surface area contributed by atoms with Gasteiger partial charge in [0.15, 0.2) is 0 Å². The third-order valence-electron chi connectivity index (χ3n) is 3.31. The molecule has 0 aromatic carbocycles. The van der Waals surface area contributed by atoms with Crippen LogP contribution in [0.1, 0.15) is 46.5 Å². The summed E-state index contributed by atoms with van der Waals surface area (Å²) in [7, 11) is 0. The number of piperidine rings is 1. The number of carbonyl (C=O) groups excluding carboxylic acids is 1. The van der Waals surface area contributed by atoms with Crippen molar-refractivity contribution in [2.45, 2.75) is 52.5 Å². The largest absolute Gasteiger partial charge is 0.340 e. The molecule has 0 spiro atoms. The van der Waals surface area contributed by atoms with Crippen LogP contribution in [0.25, 0.3) is 0 Å². The molecule has 1 aliphatic rings. The SMILES string of the molecule is C[C@H]1CCCCN1C(=O)CC(C)(C)CN. The first kappa shape index (κ1) is 12.5. The second-order valence-electron chi connectivity index (χ2n) is 5.48. The zero-order valence-corrected chi connectivity index (χ0v) is 10.3. The number of hydrogen-bond acceptors (Lipinski definition) is 2. The maximum atomic E-state index is 12.1. The van der Waals surface area contributed by atoms with Gasteiger partial charge in [0, 0.05) is 19.0 Å². The van der Waals surface area contributed by atoms with Crippen molar-refractivity contribution in [3.8, 4) is 0 Å². The van der Waals surface area contributed by atoms with Gasteiger partial charge >= 0.3 is 0 Å². The molecule has 0 unspecified atom stereocenters. The first-order chi connectivity index (χ1) is 6.96. The monoisotopic (exact) mass is 212 g/mol. The average Bonchev–Trinajstić information content (AvgIpc) is 2.17. The second kappa shape index (κ2) is 4.97. The van der Waals surface area contributed by atoms with E-state index in [-0.39, 0.29) is 11.3 Å². The van der Waals surface area contributed by atoms with E-state index in [1.54, 1.807) is 0 Å². The molecule has 1 amide bonds. The van der Waals surface area contributed by atoms with Crippen molar-refractivity contribution in [2.24, 2.45) is 11.1 Å². The van der Waals surface area contributed by atoms with Gasteiger partial charge < -0.3 is 10.6 Å². The van der Waals surface area contributed by atoms with Crippen LogP contribution in [0.15, 0.2) is 0 Å². The average molecular weight is 212 g/mol. The van der Waals surface area contributed by atoms with Crippen molar-refractivity contribution in [2.75, 3.05) is 13.1 Å². The lowest BCUT2D eigenvalue weighted by atomic mass is 9.88. The summed E-state index contributed by atoms with van der Waals surface area (Å²) in [5.41, 5.74) is 5.59. The zero-order chi connectivity index (χ0) is 11.5. The Morgan fingerprint density at radius 1 is 1.47 bits per heavy atom. The molecule has 0 bridgehead atoms. The number of nitrogens with zero attached hydrogens (tertiary/aromatic N) is 1. The second-order valence-corrected chi connectivity index (χ2v) is 5.48. The highest BCUT2D eigenvalue weighted by atomic mass is 16.2. The minimum absolute atomic E-state index is 0.0613. The van der Waals surface area contributed by atoms with Gasteiger partial charge in [-0.15, -0.1) is 0 Å². The smallest absolute Gasteiger partial charge is 0.223 e. The van der Waals surface area contributed by atoms with Crippen molar-refractivity contribution in [3.05, 3.63) is 0 Å². The third kappa shape index (κ3) is 3.49. The van der Waals surface area contributed by atoms with Gasteiger partial charge in [0.1, 0.15) is 0 Å². The highest BCUT2D eigenvalue weighted by Gasteiger charge is 2.27. The zero-order valence-electron chi connectivity index (χ0n) is 10.3. The molecule has 3 heteroatoms. The maximum absolute atomic E-state index is 12.1. The molecule has 1 heterocycles. The van der Waals surface area contributed by atoms with Gasteiger partial charge in [-0.3, -0.25) is 4.79 Å². The fraction of sp³-hybridized carbons (Fsp3) is 0.917. The van der Waals surface area contributed by atoms with Crippen molar-refractivity contribution < 1.29 is 4.79 Å². The summed E-state index contributed by atoms with van der Waals surface area (Å²) in [6.07, 6.45) is 4.13. The number of nitrogens with two attached hydrogens (primary N) is 1. The predicted molar refractivity (Wildman–Crippen MR) is 62.5 cm³/mol. The molecule has 0 aliphatic carbocycles. The van der Waals surface area contributed by atoms with Gasteiger partial charge in [0.05, 0.1) is 0 Å². The van der Waals surface area contributed by atoms with Crippen LogP contribution in [0.4, 0.5) is 0 Å². The van der Waals surface area contributed by atoms with Crippen LogP contribution in [0.2, 0.25) is 0 Å². The van der Waals surface area contributed by atoms with Crippen molar-refractivity contribution in [1.82, 2.24) is 4.90 Å². The molecule has 0 radical (unpaired) electrons. The van der Waals surface area contributed by atoms with E-state index in [4.69, 9.17) is 5.73 Å². The van der Waals surface area contributed by atoms with Crippen LogP contribution >= 0.6 is 0 Å². The van der Waals surface area contributed by atoms with Crippen LogP contribution in [0.3, 0.4) is 0 Å². The first-order valence-corrected chi connectivity index (χ1v) is 5.96. The van der Waals surface area contributed by atoms with Gasteiger partial charge in [-0.1, -0.05) is 13.8 Å². The van der Waals surface area contributed by atoms with E-state index in [2.05, 4.69) is 20.8 Å². The van der Waals surface area contributed by atoms with E-state index < -0.39 is 0 Å². The number of carbonyl (C=O) groups is 1. The molecule has 1 fully saturated rings. The molecular weight excluding hydrogens is 188 g/mol. The molecule has 1 rings (SSSR count). The summed E-state index contributed by atoms with van der Waals surface area (Å²) < 4.78 is 0. The first-order valence-electron chi connectivity index (χ1n) is 5.96. The number of likely N-dealkylation sites (tertiary alicyclic amines) is 1. The van der Waals surface area contributed by atoms with Crippen LogP contribution in [-0.4, -0.2) is 29.9 Å². The van der Waals surface area contributed by atoms with Gasteiger partial charge in [0.25, 0.3) is 0 Å². The molecule has 15 heavy (non-hydrogen) atoms. The van der Waals surface area contributed by atoms with Crippen LogP contribution in [-0.2, 0) is 4.79 Å². The summed E-state index contributed by atoms with van der Waals surface area (Å²) in [6, 6.07) is 0.417. The third-order valence-corrected chi connectivity index (χ3v) is 3.31. The molecule has 2 N–H and O–H groups in total. The molecular formula is C12H24N2O. The maximum Gasteiger partial charge on any atom is 0.223 e. The van der Waals surface area contributed by atoms with E-state index in [0.29, 0.717) is 19.0 Å². The standard InChI is InChI=1S/C12H24N2O/c1-10-6-4-5-7-14(10)11(15)8-12(2,3)9-13/h10H,4-9,13H2,1-3H3/t10-/m0/s1. The molecule has 88 valence electrons. The molecule has 0 aromatic rings. The number of hydrogen-bond donors (Lipinski definition) is 1. The van der Waals surface area contributed by atoms with Crippen LogP contribution in [0.5, 0.6) is 0 Å². The number of amides is 1. The molecule has 1 saturated heterocycles. The molecule has 0 saturated carbocycles. The topological polar surface area (TPSA) is 46.3 Å². The summed E-state index contributed by atoms with van der Waals surface area (Å²) in [5, 5.41) is 0. The lowest BCUT2D eigenvalue weighted by molar-refractivity contribution is -0.136. The van der Waals surface area contributed by atoms with Gasteiger partial charge in [0.2, 0.25) is 5.91 Å². The van der Waals surface area contributed by atoms with Crippen LogP contribution < -0.4 is 5.73 Å². The number of rotatable bonds is 3. The van der Waals surface area contributed by atoms with Gasteiger partial charge in [-0.25, -0.2) is 0 Å². The van der Waals surface area contributed by atoms with E-state index in [9.17, 15) is 4.79 Å². The Labute approximate surface area is 93.0 Å². The normalized spacial score (nSPS) is 22.9. The highest BCUT2D eigenvalue weighted by molar-refractivity contribution is 5.77. The lowest BCUT2D eigenvalue weighted by Gasteiger charge is -2.35. The van der Waals surface area contributed by atoms with E-state index >= 15 is 0 Å². The van der Waals surface area contributed by atoms with E-state index in [1.165, 1.54) is 6.42 Å². The Kier molecular flexibility index (Phi) is 4.14. The minimum Gasteiger partial charge on any atom is -0.340 e. The fourth-order valence-corrected chi connectivity index (χ4v) is 2.05. The van der Waals surface area contributed by atoms with Crippen molar-refractivity contribution in [3.63, 3.8) is 0 Å². The Balaban J connectivity index is 2.52. The molecule has 1 atom stereocenters. The molecule has 0 aromatic heterocycles. The van der Waals surface area contributed by atoms with Crippen molar-refractivity contribution in [1.29, 1.82) is 0 Å². The van der Waals surface area contributed by atoms with Crippen LogP contribution in [0, 0.1) is 5.41 Å². The molecule has 1 aliphatic heterocycles. The van der Waals surface area contributed by atoms with Gasteiger partial charge in [-0.05, 0) is 38.1 Å². The fourth-order valence-electron chi connectivity index (χ4n) is 2.05. The predicted octanol–water partition coefficient (Wildman–Crippen LogP) is 1.76. The highest BCUT2D eigenvalue weighted by Crippen LogP contribution is 2.23. The lowest BCUT2D eigenvalue weighted by Crippen LogP contribution is -2.44. The van der Waals surface area contributed by atoms with E-state index in [1.807, 2.05) is 4.90 Å². The summed E-state index contributed by atoms with van der Waals surface area (Å²) >= 11 is 0. The molecule has 3 nitrogen and oxygen atoms in total. The van der Waals surface area contributed by atoms with E-state index in [0.717, 1.165) is 19.4 Å². The van der Waals surface area contributed by atoms with Crippen molar-refractivity contribution >= 4 is 5.91 Å². The summed E-state index contributed by atoms with van der Waals surface area (Å²) in [6.45, 7) is 7.76. The Morgan fingerprint density at radius 2 is 2.13 bits per heavy atom. The summed E-state index contributed by atoms with van der Waals surface area (Å²) in [5.74, 6) is 0.276. The Morgan fingerprint density at radius 3 is 2.67 bits per heavy atom.